The predicted octanol–water partition coefficient (Wildman–Crippen LogP) is 4.96. The van der Waals surface area contributed by atoms with Gasteiger partial charge >= 0.3 is 5.97 Å². The highest BCUT2D eigenvalue weighted by molar-refractivity contribution is 7.92. The van der Waals surface area contributed by atoms with E-state index in [-0.39, 0.29) is 44.0 Å². The summed E-state index contributed by atoms with van der Waals surface area (Å²) in [7, 11) is -4.25. The van der Waals surface area contributed by atoms with Gasteiger partial charge in [-0.15, -0.1) is 0 Å². The number of pyridine rings is 1. The average molecular weight is 538 g/mol. The summed E-state index contributed by atoms with van der Waals surface area (Å²) in [4.78, 5) is 15.5. The topological polar surface area (TPSA) is 140 Å². The van der Waals surface area contributed by atoms with Crippen molar-refractivity contribution in [3.05, 3.63) is 64.7 Å². The Balaban J connectivity index is 1.78. The summed E-state index contributed by atoms with van der Waals surface area (Å²) in [5, 5.41) is 14.2. The fourth-order valence-electron chi connectivity index (χ4n) is 3.64. The number of nitrogens with zero attached hydrogens (tertiary/aromatic N) is 3. The minimum Gasteiger partial charge on any atom is -0.480 e. The molecule has 182 valence electrons. The van der Waals surface area contributed by atoms with Gasteiger partial charge in [0.1, 0.15) is 22.4 Å². The van der Waals surface area contributed by atoms with Gasteiger partial charge in [-0.3, -0.25) is 9.71 Å². The van der Waals surface area contributed by atoms with Gasteiger partial charge in [0.25, 0.3) is 10.0 Å². The van der Waals surface area contributed by atoms with E-state index in [1.165, 1.54) is 47.4 Å². The van der Waals surface area contributed by atoms with E-state index < -0.39 is 27.9 Å². The van der Waals surface area contributed by atoms with Gasteiger partial charge in [0.2, 0.25) is 0 Å². The first-order valence-corrected chi connectivity index (χ1v) is 12.4. The van der Waals surface area contributed by atoms with E-state index >= 15 is 4.39 Å². The molecule has 0 fully saturated rings. The van der Waals surface area contributed by atoms with Gasteiger partial charge in [-0.2, -0.15) is 5.10 Å². The van der Waals surface area contributed by atoms with Crippen molar-refractivity contribution >= 4 is 61.5 Å². The number of aromatic nitrogens is 3. The number of carbonyl (C=O) groups is 1. The van der Waals surface area contributed by atoms with Gasteiger partial charge in [-0.25, -0.2) is 22.3 Å². The second kappa shape index (κ2) is 9.33. The average Bonchev–Trinajstić information content (AvgIpc) is 3.18. The SMILES string of the molecule is CCC(C(=O)O)n1nc(-c2ccc(NS(=O)(=O)c3cccc(Cl)c3Cl)c(F)c2)c2c(N)cncc21. The number of anilines is 2. The highest BCUT2D eigenvalue weighted by Gasteiger charge is 2.26. The third-order valence-electron chi connectivity index (χ3n) is 5.31. The lowest BCUT2D eigenvalue weighted by molar-refractivity contribution is -0.141. The van der Waals surface area contributed by atoms with E-state index in [9.17, 15) is 18.3 Å². The Morgan fingerprint density at radius 1 is 1.26 bits per heavy atom. The van der Waals surface area contributed by atoms with Crippen molar-refractivity contribution in [2.75, 3.05) is 10.5 Å². The van der Waals surface area contributed by atoms with E-state index in [1.807, 2.05) is 0 Å². The van der Waals surface area contributed by atoms with Crippen molar-refractivity contribution in [1.82, 2.24) is 14.8 Å². The Kier molecular flexibility index (Phi) is 6.58. The van der Waals surface area contributed by atoms with Crippen LogP contribution in [0.1, 0.15) is 19.4 Å². The van der Waals surface area contributed by atoms with Crippen LogP contribution in [0.15, 0.2) is 53.7 Å². The van der Waals surface area contributed by atoms with Crippen LogP contribution < -0.4 is 10.5 Å². The summed E-state index contributed by atoms with van der Waals surface area (Å²) in [6.45, 7) is 1.69. The van der Waals surface area contributed by atoms with Gasteiger partial charge in [-0.1, -0.05) is 42.3 Å². The summed E-state index contributed by atoms with van der Waals surface area (Å²) in [5.41, 5.74) is 6.84. The molecule has 2 aromatic carbocycles. The lowest BCUT2D eigenvalue weighted by Crippen LogP contribution is -2.19. The van der Waals surface area contributed by atoms with Crippen molar-refractivity contribution in [1.29, 1.82) is 0 Å². The Morgan fingerprint density at radius 3 is 2.66 bits per heavy atom. The number of fused-ring (bicyclic) bond motifs is 1. The summed E-state index contributed by atoms with van der Waals surface area (Å²) in [6, 6.07) is 6.81. The van der Waals surface area contributed by atoms with Crippen LogP contribution in [0.4, 0.5) is 15.8 Å². The van der Waals surface area contributed by atoms with Crippen molar-refractivity contribution < 1.29 is 22.7 Å². The first-order valence-electron chi connectivity index (χ1n) is 10.2. The molecule has 0 spiro atoms. The van der Waals surface area contributed by atoms with Crippen molar-refractivity contribution in [2.45, 2.75) is 24.3 Å². The third-order valence-corrected chi connectivity index (χ3v) is 7.64. The Morgan fingerprint density at radius 2 is 2.00 bits per heavy atom. The van der Waals surface area contributed by atoms with Gasteiger partial charge in [0, 0.05) is 5.56 Å². The highest BCUT2D eigenvalue weighted by Crippen LogP contribution is 2.36. The molecule has 0 bridgehead atoms. The molecule has 0 aliphatic heterocycles. The third kappa shape index (κ3) is 4.49. The molecule has 4 N–H and O–H groups in total. The number of halogens is 3. The standard InChI is InChI=1S/C22H18Cl2FN5O4S/c1-2-16(22(31)32)30-17-10-27-9-14(26)19(17)21(28-30)11-6-7-15(13(25)8-11)29-35(33,34)18-5-3-4-12(23)20(18)24/h3-10,16,29H,2,26H2,1H3,(H,31,32). The number of hydrogen-bond acceptors (Lipinski definition) is 6. The Labute approximate surface area is 209 Å². The van der Waals surface area contributed by atoms with Crippen LogP contribution in [0.5, 0.6) is 0 Å². The van der Waals surface area contributed by atoms with E-state index in [2.05, 4.69) is 14.8 Å². The molecule has 0 aliphatic carbocycles. The van der Waals surface area contributed by atoms with Gasteiger partial charge in [0.15, 0.2) is 0 Å². The molecule has 2 heterocycles. The Bertz CT molecular complexity index is 1580. The Hall–Kier alpha value is -3.41. The number of aliphatic carboxylic acids is 1. The molecule has 0 radical (unpaired) electrons. The van der Waals surface area contributed by atoms with E-state index in [0.29, 0.717) is 10.9 Å². The number of carboxylic acids is 1. The second-order valence-electron chi connectivity index (χ2n) is 7.53. The fraction of sp³-hybridized carbons (Fsp3) is 0.136. The minimum atomic E-state index is -4.25. The van der Waals surface area contributed by atoms with Gasteiger partial charge in [-0.05, 0) is 30.7 Å². The van der Waals surface area contributed by atoms with Crippen molar-refractivity contribution in [2.24, 2.45) is 0 Å². The molecule has 0 saturated heterocycles. The van der Waals surface area contributed by atoms with Crippen LogP contribution >= 0.6 is 23.2 Å². The largest absolute Gasteiger partial charge is 0.480 e. The number of nitrogens with two attached hydrogens (primary N) is 1. The number of nitrogen functional groups attached to an aromatic ring is 1. The zero-order chi connectivity index (χ0) is 25.5. The van der Waals surface area contributed by atoms with E-state index in [1.54, 1.807) is 6.92 Å². The predicted molar refractivity (Wildman–Crippen MR) is 132 cm³/mol. The summed E-state index contributed by atoms with van der Waals surface area (Å²) in [6.07, 6.45) is 3.05. The molecule has 4 aromatic rings. The molecule has 1 unspecified atom stereocenters. The van der Waals surface area contributed by atoms with E-state index in [4.69, 9.17) is 28.9 Å². The number of nitrogens with one attached hydrogen (secondary N) is 1. The summed E-state index contributed by atoms with van der Waals surface area (Å²) >= 11 is 11.9. The number of hydrogen-bond donors (Lipinski definition) is 3. The maximum Gasteiger partial charge on any atom is 0.328 e. The van der Waals surface area contributed by atoms with Gasteiger partial charge < -0.3 is 10.8 Å². The highest BCUT2D eigenvalue weighted by atomic mass is 35.5. The lowest BCUT2D eigenvalue weighted by atomic mass is 10.1. The minimum absolute atomic E-state index is 0.0339. The lowest BCUT2D eigenvalue weighted by Gasteiger charge is -2.12. The molecule has 2 aromatic heterocycles. The molecule has 13 heteroatoms. The summed E-state index contributed by atoms with van der Waals surface area (Å²) < 4.78 is 44.0. The number of benzene rings is 2. The normalized spacial score (nSPS) is 12.6. The molecule has 4 rings (SSSR count). The zero-order valence-corrected chi connectivity index (χ0v) is 20.4. The smallest absolute Gasteiger partial charge is 0.328 e. The van der Waals surface area contributed by atoms with Crippen LogP contribution in [-0.4, -0.2) is 34.3 Å². The quantitative estimate of drug-likeness (QED) is 0.302. The summed E-state index contributed by atoms with van der Waals surface area (Å²) in [5.74, 6) is -1.99. The molecular formula is C22H18Cl2FN5O4S. The molecule has 35 heavy (non-hydrogen) atoms. The van der Waals surface area contributed by atoms with Crippen molar-refractivity contribution in [3.8, 4) is 11.3 Å². The van der Waals surface area contributed by atoms with Crippen LogP contribution in [0.25, 0.3) is 22.2 Å². The van der Waals surface area contributed by atoms with Crippen LogP contribution in [-0.2, 0) is 14.8 Å². The molecule has 9 nitrogen and oxygen atoms in total. The van der Waals surface area contributed by atoms with Crippen molar-refractivity contribution in [3.63, 3.8) is 0 Å². The number of rotatable bonds is 7. The first kappa shape index (κ1) is 24.7. The zero-order valence-electron chi connectivity index (χ0n) is 18.0. The maximum absolute atomic E-state index is 15.1. The molecular weight excluding hydrogens is 520 g/mol. The van der Waals surface area contributed by atoms with Crippen LogP contribution in [0, 0.1) is 5.82 Å². The monoisotopic (exact) mass is 537 g/mol. The molecule has 1 atom stereocenters. The second-order valence-corrected chi connectivity index (χ2v) is 9.97. The molecule has 0 saturated carbocycles. The van der Waals surface area contributed by atoms with Gasteiger partial charge in [0.05, 0.1) is 44.7 Å². The first-order chi connectivity index (χ1) is 16.5. The molecule has 0 aliphatic rings. The maximum atomic E-state index is 15.1. The number of sulfonamides is 1. The van der Waals surface area contributed by atoms with E-state index in [0.717, 1.165) is 6.07 Å². The number of carboxylic acid groups (broad SMARTS) is 1. The fourth-order valence-corrected chi connectivity index (χ4v) is 5.47. The van der Waals surface area contributed by atoms with Crippen LogP contribution in [0.2, 0.25) is 10.0 Å². The van der Waals surface area contributed by atoms with Crippen LogP contribution in [0.3, 0.4) is 0 Å². The molecule has 0 amide bonds.